The molecule has 27 heavy (non-hydrogen) atoms. The second kappa shape index (κ2) is 8.87. The lowest BCUT2D eigenvalue weighted by atomic mass is 10.1. The Labute approximate surface area is 162 Å². The Bertz CT molecular complexity index is 850. The zero-order chi connectivity index (χ0) is 19.2. The minimum atomic E-state index is 0.916. The summed E-state index contributed by atoms with van der Waals surface area (Å²) in [7, 11) is 3.89. The Morgan fingerprint density at radius 1 is 0.963 bits per heavy atom. The predicted octanol–water partition coefficient (Wildman–Crippen LogP) is 4.56. The molecule has 3 rings (SSSR count). The lowest BCUT2D eigenvalue weighted by Crippen LogP contribution is -2.19. The third-order valence-corrected chi connectivity index (χ3v) is 4.81. The van der Waals surface area contributed by atoms with Crippen LogP contribution >= 0.6 is 0 Å². The average molecular weight is 364 g/mol. The van der Waals surface area contributed by atoms with Crippen molar-refractivity contribution >= 4 is 0 Å². The van der Waals surface area contributed by atoms with Gasteiger partial charge in [-0.25, -0.2) is 4.68 Å². The van der Waals surface area contributed by atoms with Crippen molar-refractivity contribution in [1.29, 1.82) is 0 Å². The van der Waals surface area contributed by atoms with E-state index in [4.69, 9.17) is 4.74 Å². The fraction of sp³-hybridized carbons (Fsp3) is 0.348. The lowest BCUT2D eigenvalue weighted by molar-refractivity contribution is 0.322. The maximum Gasteiger partial charge on any atom is 0.118 e. The van der Waals surface area contributed by atoms with E-state index in [0.29, 0.717) is 0 Å². The van der Waals surface area contributed by atoms with Crippen molar-refractivity contribution in [3.63, 3.8) is 0 Å². The van der Waals surface area contributed by atoms with Crippen LogP contribution in [0.3, 0.4) is 0 Å². The van der Waals surface area contributed by atoms with Crippen LogP contribution in [0.15, 0.2) is 54.6 Å². The normalized spacial score (nSPS) is 11.1. The number of methoxy groups -OCH3 is 1. The molecule has 142 valence electrons. The Morgan fingerprint density at radius 2 is 1.63 bits per heavy atom. The zero-order valence-corrected chi connectivity index (χ0v) is 16.8. The average Bonchev–Trinajstić information content (AvgIpc) is 3.01. The van der Waals surface area contributed by atoms with Gasteiger partial charge in [0.05, 0.1) is 18.5 Å². The van der Waals surface area contributed by atoms with Crippen LogP contribution in [0.2, 0.25) is 0 Å². The molecule has 4 heteroatoms. The van der Waals surface area contributed by atoms with E-state index in [-0.39, 0.29) is 0 Å². The van der Waals surface area contributed by atoms with Crippen molar-refractivity contribution in [2.24, 2.45) is 0 Å². The maximum atomic E-state index is 5.21. The van der Waals surface area contributed by atoms with Gasteiger partial charge in [0.15, 0.2) is 0 Å². The fourth-order valence-corrected chi connectivity index (χ4v) is 3.37. The van der Waals surface area contributed by atoms with E-state index in [1.165, 1.54) is 11.1 Å². The van der Waals surface area contributed by atoms with Crippen molar-refractivity contribution in [1.82, 2.24) is 14.7 Å². The van der Waals surface area contributed by atoms with E-state index in [1.54, 1.807) is 7.11 Å². The van der Waals surface area contributed by atoms with Gasteiger partial charge in [-0.1, -0.05) is 24.3 Å². The van der Waals surface area contributed by atoms with Gasteiger partial charge in [0, 0.05) is 12.2 Å². The molecule has 0 amide bonds. The molecular weight excluding hydrogens is 334 g/mol. The first-order chi connectivity index (χ1) is 13.0. The second-order valence-electron chi connectivity index (χ2n) is 7.19. The van der Waals surface area contributed by atoms with Crippen molar-refractivity contribution in [3.05, 3.63) is 77.1 Å². The van der Waals surface area contributed by atoms with Crippen molar-refractivity contribution < 1.29 is 4.74 Å². The number of benzene rings is 2. The van der Waals surface area contributed by atoms with Crippen molar-refractivity contribution in [2.45, 2.75) is 33.2 Å². The quantitative estimate of drug-likeness (QED) is 0.588. The van der Waals surface area contributed by atoms with E-state index in [2.05, 4.69) is 66.4 Å². The third-order valence-electron chi connectivity index (χ3n) is 4.81. The monoisotopic (exact) mass is 363 g/mol. The summed E-state index contributed by atoms with van der Waals surface area (Å²) in [4.78, 5) is 2.38. The van der Waals surface area contributed by atoms with Crippen LogP contribution in [0.5, 0.6) is 5.75 Å². The van der Waals surface area contributed by atoms with Gasteiger partial charge in [-0.2, -0.15) is 5.10 Å². The molecule has 0 aliphatic carbocycles. The number of aromatic nitrogens is 2. The summed E-state index contributed by atoms with van der Waals surface area (Å²) < 4.78 is 7.21. The summed E-state index contributed by atoms with van der Waals surface area (Å²) in [5.41, 5.74) is 6.02. The summed E-state index contributed by atoms with van der Waals surface area (Å²) >= 11 is 0. The molecule has 0 unspecified atom stereocenters. The van der Waals surface area contributed by atoms with Crippen LogP contribution in [0, 0.1) is 13.8 Å². The maximum absolute atomic E-state index is 5.21. The summed E-state index contributed by atoms with van der Waals surface area (Å²) in [6, 6.07) is 19.2. The van der Waals surface area contributed by atoms with Gasteiger partial charge in [0.2, 0.25) is 0 Å². The molecule has 0 aliphatic rings. The molecule has 4 nitrogen and oxygen atoms in total. The second-order valence-corrected chi connectivity index (χ2v) is 7.19. The number of hydrogen-bond acceptors (Lipinski definition) is 3. The Balaban J connectivity index is 1.48. The molecule has 0 atom stereocenters. The highest BCUT2D eigenvalue weighted by Crippen LogP contribution is 2.15. The topological polar surface area (TPSA) is 30.3 Å². The third kappa shape index (κ3) is 5.20. The summed E-state index contributed by atoms with van der Waals surface area (Å²) in [5.74, 6) is 0.916. The summed E-state index contributed by atoms with van der Waals surface area (Å²) in [5, 5.41) is 4.55. The molecule has 0 bridgehead atoms. The number of ether oxygens (including phenoxy) is 1. The van der Waals surface area contributed by atoms with Crippen molar-refractivity contribution in [3.8, 4) is 11.4 Å². The number of rotatable bonds is 8. The van der Waals surface area contributed by atoms with Gasteiger partial charge < -0.3 is 9.64 Å². The number of hydrogen-bond donors (Lipinski definition) is 0. The molecule has 1 aromatic heterocycles. The van der Waals surface area contributed by atoms with E-state index in [0.717, 1.165) is 48.8 Å². The van der Waals surface area contributed by atoms with Gasteiger partial charge in [-0.05, 0) is 81.7 Å². The smallest absolute Gasteiger partial charge is 0.118 e. The van der Waals surface area contributed by atoms with E-state index in [1.807, 2.05) is 23.7 Å². The summed E-state index contributed by atoms with van der Waals surface area (Å²) in [6.07, 6.45) is 2.23. The van der Waals surface area contributed by atoms with Gasteiger partial charge in [-0.3, -0.25) is 0 Å². The zero-order valence-electron chi connectivity index (χ0n) is 16.8. The predicted molar refractivity (Wildman–Crippen MR) is 111 cm³/mol. The highest BCUT2D eigenvalue weighted by molar-refractivity contribution is 5.36. The standard InChI is InChI=1S/C23H29N3O/c1-18-16-19(2)26(24-18)22-11-7-21(8-12-22)17-25(3)15-5-6-20-9-13-23(27-4)14-10-20/h7-14,16H,5-6,15,17H2,1-4H3. The largest absolute Gasteiger partial charge is 0.497 e. The minimum Gasteiger partial charge on any atom is -0.497 e. The molecule has 0 radical (unpaired) electrons. The van der Waals surface area contributed by atoms with Gasteiger partial charge >= 0.3 is 0 Å². The van der Waals surface area contributed by atoms with Crippen LogP contribution in [0.4, 0.5) is 0 Å². The van der Waals surface area contributed by atoms with Gasteiger partial charge in [0.1, 0.15) is 5.75 Å². The summed E-state index contributed by atoms with van der Waals surface area (Å²) in [6.45, 7) is 6.15. The van der Waals surface area contributed by atoms with Gasteiger partial charge in [0.25, 0.3) is 0 Å². The molecule has 0 fully saturated rings. The molecule has 1 heterocycles. The van der Waals surface area contributed by atoms with E-state index in [9.17, 15) is 0 Å². The Morgan fingerprint density at radius 3 is 2.22 bits per heavy atom. The Kier molecular flexibility index (Phi) is 6.30. The first-order valence-electron chi connectivity index (χ1n) is 9.49. The van der Waals surface area contributed by atoms with Gasteiger partial charge in [-0.15, -0.1) is 0 Å². The fourth-order valence-electron chi connectivity index (χ4n) is 3.37. The van der Waals surface area contributed by atoms with Crippen LogP contribution < -0.4 is 4.74 Å². The minimum absolute atomic E-state index is 0.916. The molecule has 0 saturated carbocycles. The molecule has 0 saturated heterocycles. The SMILES string of the molecule is COc1ccc(CCCN(C)Cc2ccc(-n3nc(C)cc3C)cc2)cc1. The number of nitrogens with zero attached hydrogens (tertiary/aromatic N) is 3. The van der Waals surface area contributed by atoms with Crippen LogP contribution in [0.25, 0.3) is 5.69 Å². The molecule has 3 aromatic rings. The molecular formula is C23H29N3O. The first-order valence-corrected chi connectivity index (χ1v) is 9.49. The van der Waals surface area contributed by atoms with Crippen LogP contribution in [-0.2, 0) is 13.0 Å². The van der Waals surface area contributed by atoms with E-state index >= 15 is 0 Å². The van der Waals surface area contributed by atoms with E-state index < -0.39 is 0 Å². The molecule has 0 N–H and O–H groups in total. The lowest BCUT2D eigenvalue weighted by Gasteiger charge is -2.17. The number of aryl methyl sites for hydroxylation is 3. The molecule has 0 spiro atoms. The highest BCUT2D eigenvalue weighted by Gasteiger charge is 2.05. The highest BCUT2D eigenvalue weighted by atomic mass is 16.5. The molecule has 2 aromatic carbocycles. The first kappa shape index (κ1) is 19.2. The van der Waals surface area contributed by atoms with Crippen molar-refractivity contribution in [2.75, 3.05) is 20.7 Å². The van der Waals surface area contributed by atoms with Crippen LogP contribution in [-0.4, -0.2) is 35.4 Å². The molecule has 0 aliphatic heterocycles. The Hall–Kier alpha value is -2.59. The van der Waals surface area contributed by atoms with Crippen LogP contribution in [0.1, 0.15) is 28.9 Å².